The zero-order valence-corrected chi connectivity index (χ0v) is 13.1. The largest absolute Gasteiger partial charge is 0.340 e. The maximum atomic E-state index is 11.1. The molecule has 3 rings (SSSR count). The number of fused-ring (bicyclic) bond motifs is 3. The lowest BCUT2D eigenvalue weighted by Crippen LogP contribution is -2.11. The summed E-state index contributed by atoms with van der Waals surface area (Å²) in [5.74, 6) is 0. The molecule has 0 aliphatic rings. The summed E-state index contributed by atoms with van der Waals surface area (Å²) in [4.78, 5) is 10.6. The van der Waals surface area contributed by atoms with Crippen LogP contribution in [0.25, 0.3) is 21.8 Å². The van der Waals surface area contributed by atoms with E-state index < -0.39 is 4.92 Å². The van der Waals surface area contributed by atoms with E-state index in [1.54, 1.807) is 24.3 Å². The van der Waals surface area contributed by atoms with E-state index in [2.05, 4.69) is 9.88 Å². The molecule has 0 saturated carbocycles. The highest BCUT2D eigenvalue weighted by molar-refractivity contribution is 6.09. The standard InChI is InChI=1S/C16H18N4O4/c1-17-7-2-8-18-15-5-3-11(19(21)22)9-13(15)14-10-12(20(23)24)4-6-16(14)18/h3-6,9-10,17,21-22H,2,7-8H2,1H3. The average Bonchev–Trinajstić information content (AvgIpc) is 2.88. The summed E-state index contributed by atoms with van der Waals surface area (Å²) in [6.07, 6.45) is 0.903. The zero-order chi connectivity index (χ0) is 17.3. The Morgan fingerprint density at radius 2 is 1.83 bits per heavy atom. The third-order valence-corrected chi connectivity index (χ3v) is 4.08. The minimum absolute atomic E-state index is 0.00651. The van der Waals surface area contributed by atoms with E-state index >= 15 is 0 Å². The Hall–Kier alpha value is -2.68. The predicted octanol–water partition coefficient (Wildman–Crippen LogP) is 2.90. The van der Waals surface area contributed by atoms with Gasteiger partial charge in [-0.05, 0) is 44.3 Å². The molecular formula is C16H18N4O4. The quantitative estimate of drug-likeness (QED) is 0.365. The van der Waals surface area contributed by atoms with Crippen molar-refractivity contribution in [1.29, 1.82) is 0 Å². The first-order chi connectivity index (χ1) is 11.5. The first-order valence-corrected chi connectivity index (χ1v) is 7.56. The molecule has 0 fully saturated rings. The first kappa shape index (κ1) is 16.2. The molecule has 2 aromatic carbocycles. The van der Waals surface area contributed by atoms with Crippen molar-refractivity contribution < 1.29 is 15.3 Å². The van der Waals surface area contributed by atoms with Gasteiger partial charge in [0.2, 0.25) is 0 Å². The molecule has 1 heterocycles. The van der Waals surface area contributed by atoms with Crippen molar-refractivity contribution in [3.8, 4) is 0 Å². The highest BCUT2D eigenvalue weighted by Crippen LogP contribution is 2.34. The second kappa shape index (κ2) is 6.44. The highest BCUT2D eigenvalue weighted by Gasteiger charge is 2.15. The summed E-state index contributed by atoms with van der Waals surface area (Å²) in [6.45, 7) is 1.60. The molecule has 0 spiro atoms. The van der Waals surface area contributed by atoms with E-state index in [1.165, 1.54) is 12.1 Å². The van der Waals surface area contributed by atoms with Crippen LogP contribution in [0.2, 0.25) is 0 Å². The van der Waals surface area contributed by atoms with Crippen LogP contribution in [0.1, 0.15) is 6.42 Å². The van der Waals surface area contributed by atoms with Crippen molar-refractivity contribution in [2.24, 2.45) is 0 Å². The lowest BCUT2D eigenvalue weighted by molar-refractivity contribution is -0.384. The van der Waals surface area contributed by atoms with Crippen LogP contribution in [0, 0.1) is 10.1 Å². The number of nitrogens with zero attached hydrogens (tertiary/aromatic N) is 3. The Kier molecular flexibility index (Phi) is 4.34. The van der Waals surface area contributed by atoms with Gasteiger partial charge in [-0.3, -0.25) is 20.5 Å². The Labute approximate surface area is 137 Å². The molecule has 1 aromatic heterocycles. The van der Waals surface area contributed by atoms with Gasteiger partial charge < -0.3 is 9.88 Å². The number of hydrogen-bond acceptors (Lipinski definition) is 6. The number of benzene rings is 2. The van der Waals surface area contributed by atoms with Crippen molar-refractivity contribution >= 4 is 33.2 Å². The fourth-order valence-electron chi connectivity index (χ4n) is 2.97. The number of hydrogen-bond donors (Lipinski definition) is 3. The lowest BCUT2D eigenvalue weighted by atomic mass is 10.1. The first-order valence-electron chi connectivity index (χ1n) is 7.56. The summed E-state index contributed by atoms with van der Waals surface area (Å²) >= 11 is 0. The molecule has 24 heavy (non-hydrogen) atoms. The lowest BCUT2D eigenvalue weighted by Gasteiger charge is -2.09. The van der Waals surface area contributed by atoms with Gasteiger partial charge in [-0.15, -0.1) is 5.23 Å². The Morgan fingerprint density at radius 1 is 1.17 bits per heavy atom. The van der Waals surface area contributed by atoms with E-state index in [0.29, 0.717) is 5.39 Å². The van der Waals surface area contributed by atoms with E-state index in [1.807, 2.05) is 7.05 Å². The van der Waals surface area contributed by atoms with Crippen molar-refractivity contribution in [2.45, 2.75) is 13.0 Å². The Balaban J connectivity index is 2.25. The van der Waals surface area contributed by atoms with Crippen LogP contribution in [0.5, 0.6) is 0 Å². The summed E-state index contributed by atoms with van der Waals surface area (Å²) in [5, 5.41) is 34.2. The summed E-state index contributed by atoms with van der Waals surface area (Å²) < 4.78 is 2.09. The molecule has 0 amide bonds. The van der Waals surface area contributed by atoms with Crippen LogP contribution in [-0.2, 0) is 6.54 Å². The zero-order valence-electron chi connectivity index (χ0n) is 13.1. The predicted molar refractivity (Wildman–Crippen MR) is 90.7 cm³/mol. The molecule has 8 nitrogen and oxygen atoms in total. The van der Waals surface area contributed by atoms with Crippen LogP contribution in [-0.4, -0.2) is 33.5 Å². The molecule has 8 heteroatoms. The van der Waals surface area contributed by atoms with Gasteiger partial charge in [0.05, 0.1) is 10.6 Å². The van der Waals surface area contributed by atoms with Crippen LogP contribution < -0.4 is 10.5 Å². The van der Waals surface area contributed by atoms with Gasteiger partial charge in [-0.25, -0.2) is 0 Å². The second-order valence-electron chi connectivity index (χ2n) is 5.56. The van der Waals surface area contributed by atoms with Crippen LogP contribution in [0.15, 0.2) is 36.4 Å². The van der Waals surface area contributed by atoms with Gasteiger partial charge in [0, 0.05) is 40.5 Å². The maximum absolute atomic E-state index is 11.1. The smallest absolute Gasteiger partial charge is 0.270 e. The minimum Gasteiger partial charge on any atom is -0.340 e. The summed E-state index contributed by atoms with van der Waals surface area (Å²) in [6, 6.07) is 9.73. The van der Waals surface area contributed by atoms with Crippen LogP contribution in [0.3, 0.4) is 0 Å². The molecule has 0 unspecified atom stereocenters. The topological polar surface area (TPSA) is 104 Å². The average molecular weight is 330 g/mol. The van der Waals surface area contributed by atoms with Gasteiger partial charge >= 0.3 is 0 Å². The molecule has 3 aromatic rings. The molecular weight excluding hydrogens is 312 g/mol. The molecule has 3 N–H and O–H groups in total. The van der Waals surface area contributed by atoms with E-state index in [-0.39, 0.29) is 16.6 Å². The Bertz CT molecular complexity index is 904. The number of nitro benzene ring substituents is 1. The number of non-ortho nitro benzene ring substituents is 1. The highest BCUT2D eigenvalue weighted by atomic mass is 16.8. The molecule has 0 bridgehead atoms. The molecule has 0 saturated heterocycles. The molecule has 0 aliphatic heterocycles. The molecule has 0 atom stereocenters. The van der Waals surface area contributed by atoms with E-state index in [9.17, 15) is 20.5 Å². The second-order valence-corrected chi connectivity index (χ2v) is 5.56. The van der Waals surface area contributed by atoms with Gasteiger partial charge in [0.25, 0.3) is 5.69 Å². The van der Waals surface area contributed by atoms with Gasteiger partial charge in [-0.2, -0.15) is 0 Å². The van der Waals surface area contributed by atoms with Crippen LogP contribution >= 0.6 is 0 Å². The molecule has 126 valence electrons. The number of nitro groups is 1. The Morgan fingerprint density at radius 3 is 2.46 bits per heavy atom. The van der Waals surface area contributed by atoms with Gasteiger partial charge in [0.15, 0.2) is 0 Å². The third-order valence-electron chi connectivity index (χ3n) is 4.08. The number of nitrogens with one attached hydrogen (secondary N) is 1. The fraction of sp³-hybridized carbons (Fsp3) is 0.250. The van der Waals surface area contributed by atoms with Crippen molar-refractivity contribution in [3.63, 3.8) is 0 Å². The van der Waals surface area contributed by atoms with Crippen molar-refractivity contribution in [3.05, 3.63) is 46.5 Å². The van der Waals surface area contributed by atoms with Gasteiger partial charge in [0.1, 0.15) is 0 Å². The third kappa shape index (κ3) is 2.78. The van der Waals surface area contributed by atoms with Gasteiger partial charge in [-0.1, -0.05) is 0 Å². The molecule has 0 aliphatic carbocycles. The SMILES string of the molecule is CNCCCn1c2ccc(N(O)O)cc2c2cc([N+](=O)[O-])ccc21. The minimum atomic E-state index is -0.433. The fourth-order valence-corrected chi connectivity index (χ4v) is 2.97. The normalized spacial score (nSPS) is 11.3. The van der Waals surface area contributed by atoms with Crippen molar-refractivity contribution in [2.75, 3.05) is 18.8 Å². The van der Waals surface area contributed by atoms with Crippen LogP contribution in [0.4, 0.5) is 11.4 Å². The van der Waals surface area contributed by atoms with Crippen molar-refractivity contribution in [1.82, 2.24) is 9.88 Å². The molecule has 0 radical (unpaired) electrons. The number of aryl methyl sites for hydroxylation is 1. The van der Waals surface area contributed by atoms with E-state index in [4.69, 9.17) is 0 Å². The maximum Gasteiger partial charge on any atom is 0.270 e. The summed E-state index contributed by atoms with van der Waals surface area (Å²) in [5.41, 5.74) is 1.98. The number of anilines is 1. The monoisotopic (exact) mass is 330 g/mol. The van der Waals surface area contributed by atoms with E-state index in [0.717, 1.165) is 35.9 Å². The number of rotatable bonds is 6. The summed E-state index contributed by atoms with van der Waals surface area (Å²) in [7, 11) is 1.89. The number of aromatic nitrogens is 1.